The summed E-state index contributed by atoms with van der Waals surface area (Å²) in [5.41, 5.74) is 1.78. The fourth-order valence-electron chi connectivity index (χ4n) is 2.88. The van der Waals surface area contributed by atoms with Crippen LogP contribution in [-0.4, -0.2) is 40.5 Å². The Labute approximate surface area is 144 Å². The van der Waals surface area contributed by atoms with Gasteiger partial charge in [0, 0.05) is 41.6 Å². The van der Waals surface area contributed by atoms with Gasteiger partial charge in [0.05, 0.1) is 5.56 Å². The third-order valence-electron chi connectivity index (χ3n) is 4.17. The Balaban J connectivity index is 1.53. The molecule has 0 spiro atoms. The van der Waals surface area contributed by atoms with Gasteiger partial charge in [-0.05, 0) is 36.2 Å². The van der Waals surface area contributed by atoms with Crippen LogP contribution in [0, 0.1) is 0 Å². The SMILES string of the molecule is CS(=O)c1ccc(C(=O)O[C@@H]2CCN(Cc3ccccc3)C2)cc1. The number of esters is 1. The maximum Gasteiger partial charge on any atom is 0.338 e. The number of nitrogens with zero attached hydrogens (tertiary/aromatic N) is 1. The van der Waals surface area contributed by atoms with E-state index in [-0.39, 0.29) is 12.1 Å². The normalized spacial score (nSPS) is 19.1. The average Bonchev–Trinajstić information content (AvgIpc) is 3.02. The van der Waals surface area contributed by atoms with Crippen LogP contribution in [0.25, 0.3) is 0 Å². The van der Waals surface area contributed by atoms with Crippen LogP contribution >= 0.6 is 0 Å². The first-order valence-corrected chi connectivity index (χ1v) is 9.58. The highest BCUT2D eigenvalue weighted by molar-refractivity contribution is 7.84. The lowest BCUT2D eigenvalue weighted by atomic mass is 10.2. The zero-order chi connectivity index (χ0) is 16.9. The monoisotopic (exact) mass is 343 g/mol. The number of benzene rings is 2. The Hall–Kier alpha value is -1.98. The van der Waals surface area contributed by atoms with E-state index < -0.39 is 10.8 Å². The number of rotatable bonds is 5. The molecule has 2 atom stereocenters. The molecule has 0 N–H and O–H groups in total. The molecule has 1 unspecified atom stereocenters. The second-order valence-electron chi connectivity index (χ2n) is 6.02. The lowest BCUT2D eigenvalue weighted by molar-refractivity contribution is 0.0320. The van der Waals surface area contributed by atoms with Crippen molar-refractivity contribution in [3.63, 3.8) is 0 Å². The highest BCUT2D eigenvalue weighted by atomic mass is 32.2. The molecular formula is C19H21NO3S. The van der Waals surface area contributed by atoms with Gasteiger partial charge in [-0.1, -0.05) is 30.3 Å². The molecule has 1 fully saturated rings. The second kappa shape index (κ2) is 7.73. The van der Waals surface area contributed by atoms with E-state index in [2.05, 4.69) is 17.0 Å². The molecule has 5 heteroatoms. The third kappa shape index (κ3) is 4.30. The summed E-state index contributed by atoms with van der Waals surface area (Å²) in [7, 11) is -1.04. The quantitative estimate of drug-likeness (QED) is 0.783. The molecule has 4 nitrogen and oxygen atoms in total. The van der Waals surface area contributed by atoms with E-state index in [0.717, 1.165) is 26.1 Å². The van der Waals surface area contributed by atoms with Gasteiger partial charge in [0.25, 0.3) is 0 Å². The summed E-state index contributed by atoms with van der Waals surface area (Å²) >= 11 is 0. The summed E-state index contributed by atoms with van der Waals surface area (Å²) in [6.45, 7) is 2.57. The van der Waals surface area contributed by atoms with Gasteiger partial charge in [-0.2, -0.15) is 0 Å². The van der Waals surface area contributed by atoms with E-state index >= 15 is 0 Å². The van der Waals surface area contributed by atoms with Crippen LogP contribution in [0.15, 0.2) is 59.5 Å². The van der Waals surface area contributed by atoms with E-state index in [1.807, 2.05) is 18.2 Å². The molecule has 0 bridgehead atoms. The zero-order valence-corrected chi connectivity index (χ0v) is 14.5. The number of carbonyl (C=O) groups is 1. The van der Waals surface area contributed by atoms with Gasteiger partial charge in [0.2, 0.25) is 0 Å². The number of hydrogen-bond donors (Lipinski definition) is 0. The predicted octanol–water partition coefficient (Wildman–Crippen LogP) is 2.86. The van der Waals surface area contributed by atoms with Gasteiger partial charge in [-0.25, -0.2) is 4.79 Å². The van der Waals surface area contributed by atoms with Gasteiger partial charge in [0.15, 0.2) is 0 Å². The zero-order valence-electron chi connectivity index (χ0n) is 13.7. The first-order valence-electron chi connectivity index (χ1n) is 8.02. The van der Waals surface area contributed by atoms with E-state index in [1.165, 1.54) is 5.56 Å². The Morgan fingerprint density at radius 3 is 2.54 bits per heavy atom. The number of hydrogen-bond acceptors (Lipinski definition) is 4. The van der Waals surface area contributed by atoms with Crippen molar-refractivity contribution in [1.82, 2.24) is 4.90 Å². The van der Waals surface area contributed by atoms with Gasteiger partial charge < -0.3 is 4.74 Å². The Bertz CT molecular complexity index is 715. The van der Waals surface area contributed by atoms with Gasteiger partial charge in [-0.3, -0.25) is 9.11 Å². The molecular weight excluding hydrogens is 322 g/mol. The molecule has 1 heterocycles. The maximum atomic E-state index is 12.2. The molecule has 1 aliphatic rings. The minimum atomic E-state index is -1.04. The minimum Gasteiger partial charge on any atom is -0.457 e. The summed E-state index contributed by atoms with van der Waals surface area (Å²) in [6, 6.07) is 17.1. The van der Waals surface area contributed by atoms with Crippen LogP contribution in [-0.2, 0) is 22.1 Å². The smallest absolute Gasteiger partial charge is 0.338 e. The summed E-state index contributed by atoms with van der Waals surface area (Å²) in [6.07, 6.45) is 2.41. The highest BCUT2D eigenvalue weighted by Crippen LogP contribution is 2.18. The minimum absolute atomic E-state index is 0.0683. The Morgan fingerprint density at radius 2 is 1.88 bits per heavy atom. The van der Waals surface area contributed by atoms with Crippen LogP contribution in [0.1, 0.15) is 22.3 Å². The van der Waals surface area contributed by atoms with E-state index in [4.69, 9.17) is 4.74 Å². The molecule has 1 saturated heterocycles. The van der Waals surface area contributed by atoms with Gasteiger partial charge in [0.1, 0.15) is 6.10 Å². The first-order chi connectivity index (χ1) is 11.6. The van der Waals surface area contributed by atoms with Gasteiger partial charge >= 0.3 is 5.97 Å². The van der Waals surface area contributed by atoms with Crippen molar-refractivity contribution < 1.29 is 13.7 Å². The van der Waals surface area contributed by atoms with Crippen LogP contribution in [0.2, 0.25) is 0 Å². The van der Waals surface area contributed by atoms with Crippen molar-refractivity contribution in [1.29, 1.82) is 0 Å². The van der Waals surface area contributed by atoms with Crippen molar-refractivity contribution in [2.75, 3.05) is 19.3 Å². The average molecular weight is 343 g/mol. The molecule has 0 aliphatic carbocycles. The molecule has 2 aromatic rings. The molecule has 3 rings (SSSR count). The molecule has 2 aromatic carbocycles. The van der Waals surface area contributed by atoms with E-state index in [9.17, 15) is 9.00 Å². The summed E-state index contributed by atoms with van der Waals surface area (Å²) in [4.78, 5) is 15.2. The Morgan fingerprint density at radius 1 is 1.17 bits per heavy atom. The lowest BCUT2D eigenvalue weighted by Gasteiger charge is -2.16. The van der Waals surface area contributed by atoms with Crippen LogP contribution in [0.5, 0.6) is 0 Å². The second-order valence-corrected chi connectivity index (χ2v) is 7.39. The Kier molecular flexibility index (Phi) is 5.43. The molecule has 0 radical (unpaired) electrons. The van der Waals surface area contributed by atoms with Crippen molar-refractivity contribution in [3.8, 4) is 0 Å². The standard InChI is InChI=1S/C19H21NO3S/c1-24(22)18-9-7-16(8-10-18)19(21)23-17-11-12-20(14-17)13-15-5-3-2-4-6-15/h2-10,17H,11-14H2,1H3/t17-,24?/m1/s1. The fraction of sp³-hybridized carbons (Fsp3) is 0.316. The molecule has 1 aliphatic heterocycles. The third-order valence-corrected chi connectivity index (χ3v) is 5.11. The topological polar surface area (TPSA) is 46.6 Å². The highest BCUT2D eigenvalue weighted by Gasteiger charge is 2.26. The van der Waals surface area contributed by atoms with Crippen LogP contribution in [0.4, 0.5) is 0 Å². The van der Waals surface area contributed by atoms with E-state index in [1.54, 1.807) is 30.5 Å². The maximum absolute atomic E-state index is 12.2. The first kappa shape index (κ1) is 16.9. The summed E-state index contributed by atoms with van der Waals surface area (Å²) in [5, 5.41) is 0. The predicted molar refractivity (Wildman–Crippen MR) is 94.3 cm³/mol. The molecule has 24 heavy (non-hydrogen) atoms. The molecule has 0 aromatic heterocycles. The molecule has 0 saturated carbocycles. The lowest BCUT2D eigenvalue weighted by Crippen LogP contribution is -2.24. The number of ether oxygens (including phenoxy) is 1. The van der Waals surface area contributed by atoms with E-state index in [0.29, 0.717) is 10.5 Å². The van der Waals surface area contributed by atoms with Crippen LogP contribution < -0.4 is 0 Å². The van der Waals surface area contributed by atoms with Crippen molar-refractivity contribution >= 4 is 16.8 Å². The largest absolute Gasteiger partial charge is 0.457 e. The van der Waals surface area contributed by atoms with Gasteiger partial charge in [-0.15, -0.1) is 0 Å². The summed E-state index contributed by atoms with van der Waals surface area (Å²) < 4.78 is 17.0. The number of carbonyl (C=O) groups excluding carboxylic acids is 1. The van der Waals surface area contributed by atoms with Crippen molar-refractivity contribution in [3.05, 3.63) is 65.7 Å². The van der Waals surface area contributed by atoms with Crippen LogP contribution in [0.3, 0.4) is 0 Å². The summed E-state index contributed by atoms with van der Waals surface area (Å²) in [5.74, 6) is -0.310. The molecule has 126 valence electrons. The number of likely N-dealkylation sites (tertiary alicyclic amines) is 1. The fourth-order valence-corrected chi connectivity index (χ4v) is 3.40. The van der Waals surface area contributed by atoms with Crippen molar-refractivity contribution in [2.45, 2.75) is 24.0 Å². The molecule has 0 amide bonds. The van der Waals surface area contributed by atoms with Crippen molar-refractivity contribution in [2.24, 2.45) is 0 Å².